The highest BCUT2D eigenvalue weighted by Gasteiger charge is 2.14. The Morgan fingerprint density at radius 3 is 2.28 bits per heavy atom. The van der Waals surface area contributed by atoms with Gasteiger partial charge in [0.15, 0.2) is 0 Å². The van der Waals surface area contributed by atoms with E-state index in [-0.39, 0.29) is 18.4 Å². The van der Waals surface area contributed by atoms with Crippen molar-refractivity contribution in [2.24, 2.45) is 5.92 Å². The van der Waals surface area contributed by atoms with Crippen LogP contribution in [0.5, 0.6) is 5.75 Å². The molecule has 0 aromatic heterocycles. The van der Waals surface area contributed by atoms with E-state index < -0.39 is 0 Å². The van der Waals surface area contributed by atoms with E-state index in [9.17, 15) is 9.59 Å². The average molecular weight is 440 g/mol. The number of hydrogen-bond acceptors (Lipinski definition) is 4. The monoisotopic (exact) mass is 439 g/mol. The minimum atomic E-state index is -0.151. The number of carbonyl (C=O) groups excluding carboxylic acids is 2. The van der Waals surface area contributed by atoms with Gasteiger partial charge in [0.05, 0.1) is 13.2 Å². The number of rotatable bonds is 13. The van der Waals surface area contributed by atoms with Crippen molar-refractivity contribution in [3.8, 4) is 5.75 Å². The third-order valence-electron chi connectivity index (χ3n) is 4.94. The molecular weight excluding hydrogens is 402 g/mol. The molecule has 174 valence electrons. The molecule has 2 aromatic rings. The van der Waals surface area contributed by atoms with Gasteiger partial charge < -0.3 is 20.3 Å². The zero-order chi connectivity index (χ0) is 23.3. The number of carbonyl (C=O) groups is 2. The van der Waals surface area contributed by atoms with Gasteiger partial charge >= 0.3 is 0 Å². The van der Waals surface area contributed by atoms with Gasteiger partial charge in [-0.25, -0.2) is 0 Å². The van der Waals surface area contributed by atoms with E-state index in [2.05, 4.69) is 38.3 Å². The summed E-state index contributed by atoms with van der Waals surface area (Å²) in [7, 11) is 0. The molecule has 0 aliphatic carbocycles. The van der Waals surface area contributed by atoms with Gasteiger partial charge in [-0.05, 0) is 61.6 Å². The van der Waals surface area contributed by atoms with E-state index >= 15 is 0 Å². The Labute approximate surface area is 192 Å². The van der Waals surface area contributed by atoms with E-state index in [4.69, 9.17) is 4.74 Å². The van der Waals surface area contributed by atoms with Crippen LogP contribution < -0.4 is 15.4 Å². The van der Waals surface area contributed by atoms with Crippen LogP contribution in [-0.4, -0.2) is 43.0 Å². The predicted octanol–water partition coefficient (Wildman–Crippen LogP) is 5.42. The number of nitrogens with one attached hydrogen (secondary N) is 2. The zero-order valence-electron chi connectivity index (χ0n) is 19.8. The van der Waals surface area contributed by atoms with Crippen LogP contribution in [0.25, 0.3) is 0 Å². The zero-order valence-corrected chi connectivity index (χ0v) is 19.8. The minimum absolute atomic E-state index is 0.0495. The van der Waals surface area contributed by atoms with Crippen molar-refractivity contribution in [1.29, 1.82) is 0 Å². The lowest BCUT2D eigenvalue weighted by atomic mass is 10.1. The van der Waals surface area contributed by atoms with Crippen LogP contribution in [0.2, 0.25) is 0 Å². The highest BCUT2D eigenvalue weighted by Crippen LogP contribution is 2.18. The van der Waals surface area contributed by atoms with Gasteiger partial charge in [-0.1, -0.05) is 33.8 Å². The molecule has 0 spiro atoms. The Bertz CT molecular complexity index is 844. The maximum Gasteiger partial charge on any atom is 0.253 e. The molecule has 0 radical (unpaired) electrons. The Morgan fingerprint density at radius 2 is 1.66 bits per heavy atom. The molecule has 2 aromatic carbocycles. The maximum absolute atomic E-state index is 12.7. The van der Waals surface area contributed by atoms with Crippen LogP contribution in [0.1, 0.15) is 57.3 Å². The van der Waals surface area contributed by atoms with Gasteiger partial charge in [-0.3, -0.25) is 9.59 Å². The molecule has 2 amide bonds. The van der Waals surface area contributed by atoms with Crippen LogP contribution in [0.15, 0.2) is 48.5 Å². The summed E-state index contributed by atoms with van der Waals surface area (Å²) in [5.41, 5.74) is 2.16. The smallest absolute Gasteiger partial charge is 0.253 e. The molecule has 0 aliphatic rings. The first-order valence-electron chi connectivity index (χ1n) is 11.6. The SMILES string of the molecule is CCCN(CCC)C(=O)c1ccc(NCC(=O)Nc2cccc(OCCC(C)C)c2)cc1. The largest absolute Gasteiger partial charge is 0.494 e. The van der Waals surface area contributed by atoms with Crippen molar-refractivity contribution in [3.63, 3.8) is 0 Å². The lowest BCUT2D eigenvalue weighted by Crippen LogP contribution is -2.32. The van der Waals surface area contributed by atoms with Crippen molar-refractivity contribution in [1.82, 2.24) is 4.90 Å². The Kier molecular flexibility index (Phi) is 10.6. The fraction of sp³-hybridized carbons (Fsp3) is 0.462. The molecular formula is C26H37N3O3. The second-order valence-electron chi connectivity index (χ2n) is 8.33. The number of ether oxygens (including phenoxy) is 1. The van der Waals surface area contributed by atoms with E-state index in [1.807, 2.05) is 41.3 Å². The Morgan fingerprint density at radius 1 is 0.969 bits per heavy atom. The average Bonchev–Trinajstić information content (AvgIpc) is 2.77. The van der Waals surface area contributed by atoms with Crippen molar-refractivity contribution < 1.29 is 14.3 Å². The number of nitrogens with zero attached hydrogens (tertiary/aromatic N) is 1. The molecule has 0 saturated carbocycles. The van der Waals surface area contributed by atoms with E-state index in [1.165, 1.54) is 0 Å². The highest BCUT2D eigenvalue weighted by atomic mass is 16.5. The van der Waals surface area contributed by atoms with Crippen LogP contribution in [-0.2, 0) is 4.79 Å². The molecule has 6 heteroatoms. The van der Waals surface area contributed by atoms with Crippen LogP contribution in [0, 0.1) is 5.92 Å². The molecule has 2 rings (SSSR count). The number of anilines is 2. The van der Waals surface area contributed by atoms with E-state index in [1.54, 1.807) is 12.1 Å². The first-order chi connectivity index (χ1) is 15.4. The fourth-order valence-electron chi connectivity index (χ4n) is 3.23. The van der Waals surface area contributed by atoms with E-state index in [0.29, 0.717) is 23.8 Å². The van der Waals surface area contributed by atoms with Gasteiger partial charge in [0.2, 0.25) is 5.91 Å². The van der Waals surface area contributed by atoms with Crippen LogP contribution in [0.3, 0.4) is 0 Å². The Balaban J connectivity index is 1.85. The quantitative estimate of drug-likeness (QED) is 0.437. The summed E-state index contributed by atoms with van der Waals surface area (Å²) in [5, 5.41) is 5.99. The molecule has 0 fully saturated rings. The fourth-order valence-corrected chi connectivity index (χ4v) is 3.23. The van der Waals surface area contributed by atoms with Gasteiger partial charge in [0, 0.05) is 36.1 Å². The molecule has 0 atom stereocenters. The first kappa shape index (κ1) is 25.2. The van der Waals surface area contributed by atoms with E-state index in [0.717, 1.165) is 43.8 Å². The third kappa shape index (κ3) is 8.61. The summed E-state index contributed by atoms with van der Waals surface area (Å²) < 4.78 is 5.75. The first-order valence-corrected chi connectivity index (χ1v) is 11.6. The number of amides is 2. The standard InChI is InChI=1S/C26H37N3O3/c1-5-15-29(16-6-2)26(31)21-10-12-22(13-11-21)27-19-25(30)28-23-8-7-9-24(18-23)32-17-14-20(3)4/h7-13,18,20,27H,5-6,14-17,19H2,1-4H3,(H,28,30). The third-order valence-corrected chi connectivity index (χ3v) is 4.94. The van der Waals surface area contributed by atoms with Crippen molar-refractivity contribution in [3.05, 3.63) is 54.1 Å². The van der Waals surface area contributed by atoms with Crippen LogP contribution in [0.4, 0.5) is 11.4 Å². The van der Waals surface area contributed by atoms with Gasteiger partial charge in [0.25, 0.3) is 5.91 Å². The molecule has 32 heavy (non-hydrogen) atoms. The normalized spacial score (nSPS) is 10.7. The molecule has 2 N–H and O–H groups in total. The Hall–Kier alpha value is -3.02. The second-order valence-corrected chi connectivity index (χ2v) is 8.33. The van der Waals surface area contributed by atoms with Gasteiger partial charge in [-0.15, -0.1) is 0 Å². The summed E-state index contributed by atoms with van der Waals surface area (Å²) in [6.45, 7) is 10.8. The molecule has 0 saturated heterocycles. The lowest BCUT2D eigenvalue weighted by Gasteiger charge is -2.21. The van der Waals surface area contributed by atoms with Gasteiger partial charge in [0.1, 0.15) is 5.75 Å². The van der Waals surface area contributed by atoms with Crippen molar-refractivity contribution >= 4 is 23.2 Å². The highest BCUT2D eigenvalue weighted by molar-refractivity contribution is 5.95. The predicted molar refractivity (Wildman–Crippen MR) is 131 cm³/mol. The molecule has 0 bridgehead atoms. The van der Waals surface area contributed by atoms with Crippen molar-refractivity contribution in [2.45, 2.75) is 47.0 Å². The maximum atomic E-state index is 12.7. The minimum Gasteiger partial charge on any atom is -0.494 e. The number of hydrogen-bond donors (Lipinski definition) is 2. The molecule has 0 heterocycles. The summed E-state index contributed by atoms with van der Waals surface area (Å²) >= 11 is 0. The lowest BCUT2D eigenvalue weighted by molar-refractivity contribution is -0.114. The molecule has 0 unspecified atom stereocenters. The molecule has 6 nitrogen and oxygen atoms in total. The molecule has 0 aliphatic heterocycles. The number of benzene rings is 2. The van der Waals surface area contributed by atoms with Crippen molar-refractivity contribution in [2.75, 3.05) is 36.9 Å². The summed E-state index contributed by atoms with van der Waals surface area (Å²) in [6, 6.07) is 14.7. The van der Waals surface area contributed by atoms with Crippen LogP contribution >= 0.6 is 0 Å². The summed E-state index contributed by atoms with van der Waals surface area (Å²) in [5.74, 6) is 1.23. The van der Waals surface area contributed by atoms with Gasteiger partial charge in [-0.2, -0.15) is 0 Å². The second kappa shape index (κ2) is 13.4. The summed E-state index contributed by atoms with van der Waals surface area (Å²) in [6.07, 6.45) is 2.86. The summed E-state index contributed by atoms with van der Waals surface area (Å²) in [4.78, 5) is 26.9. The topological polar surface area (TPSA) is 70.7 Å².